The molecule has 1 N–H and O–H groups in total. The number of amides is 1. The van der Waals surface area contributed by atoms with Crippen molar-refractivity contribution in [3.63, 3.8) is 0 Å². The van der Waals surface area contributed by atoms with Gasteiger partial charge in [0.1, 0.15) is 11.4 Å². The van der Waals surface area contributed by atoms with Crippen molar-refractivity contribution < 1.29 is 14.3 Å². The Morgan fingerprint density at radius 1 is 1.13 bits per heavy atom. The zero-order chi connectivity index (χ0) is 20.8. The third-order valence-corrected chi connectivity index (χ3v) is 5.89. The Morgan fingerprint density at radius 3 is 2.57 bits per heavy atom. The summed E-state index contributed by atoms with van der Waals surface area (Å²) in [6, 6.07) is 12.1. The van der Waals surface area contributed by atoms with E-state index < -0.39 is 0 Å². The van der Waals surface area contributed by atoms with Crippen molar-refractivity contribution in [1.82, 2.24) is 15.2 Å². The lowest BCUT2D eigenvalue weighted by atomic mass is 10.1. The molecule has 2 aromatic rings. The molecule has 2 aliphatic heterocycles. The van der Waals surface area contributed by atoms with Crippen LogP contribution in [0.15, 0.2) is 42.6 Å². The molecule has 160 valence electrons. The fourth-order valence-electron chi connectivity index (χ4n) is 4.18. The van der Waals surface area contributed by atoms with Gasteiger partial charge in [-0.1, -0.05) is 12.1 Å². The summed E-state index contributed by atoms with van der Waals surface area (Å²) in [7, 11) is 1.67. The largest absolute Gasteiger partial charge is 0.497 e. The van der Waals surface area contributed by atoms with E-state index in [4.69, 9.17) is 9.47 Å². The minimum atomic E-state index is -0.136. The average molecular weight is 411 g/mol. The normalized spacial score (nSPS) is 18.2. The molecule has 1 aromatic heterocycles. The summed E-state index contributed by atoms with van der Waals surface area (Å²) in [5.41, 5.74) is 2.66. The monoisotopic (exact) mass is 410 g/mol. The van der Waals surface area contributed by atoms with Crippen LogP contribution in [0.3, 0.4) is 0 Å². The number of hydrogen-bond donors (Lipinski definition) is 1. The zero-order valence-corrected chi connectivity index (χ0v) is 17.5. The first-order valence-corrected chi connectivity index (χ1v) is 10.7. The van der Waals surface area contributed by atoms with Crippen molar-refractivity contribution in [2.75, 3.05) is 57.9 Å². The zero-order valence-electron chi connectivity index (χ0n) is 17.5. The molecule has 2 aliphatic rings. The van der Waals surface area contributed by atoms with Gasteiger partial charge >= 0.3 is 0 Å². The summed E-state index contributed by atoms with van der Waals surface area (Å²) in [5, 5.41) is 3.12. The summed E-state index contributed by atoms with van der Waals surface area (Å²) in [4.78, 5) is 21.9. The van der Waals surface area contributed by atoms with Crippen molar-refractivity contribution in [3.8, 4) is 5.75 Å². The number of aromatic nitrogens is 1. The highest BCUT2D eigenvalue weighted by atomic mass is 16.5. The summed E-state index contributed by atoms with van der Waals surface area (Å²) in [5.74, 6) is 0.704. The van der Waals surface area contributed by atoms with Crippen LogP contribution >= 0.6 is 0 Å². The highest BCUT2D eigenvalue weighted by molar-refractivity contribution is 5.93. The second kappa shape index (κ2) is 9.91. The van der Waals surface area contributed by atoms with E-state index in [1.807, 2.05) is 24.3 Å². The van der Waals surface area contributed by atoms with Gasteiger partial charge < -0.3 is 19.7 Å². The quantitative estimate of drug-likeness (QED) is 0.757. The maximum atomic E-state index is 12.9. The van der Waals surface area contributed by atoms with Crippen molar-refractivity contribution in [3.05, 3.63) is 53.9 Å². The van der Waals surface area contributed by atoms with Gasteiger partial charge in [0.25, 0.3) is 5.91 Å². The maximum Gasteiger partial charge on any atom is 0.270 e. The van der Waals surface area contributed by atoms with Gasteiger partial charge in [-0.15, -0.1) is 0 Å². The standard InChI is InChI=1S/C23H30N4O3/c1-29-20-6-4-18(5-7-20)22(27-10-2-3-11-27)17-25-23(28)21-16-19(8-9-24-21)26-12-14-30-15-13-26/h4-9,16,22H,2-3,10-15,17H2,1H3,(H,25,28)/t22-/m1/s1. The average Bonchev–Trinajstić information content (AvgIpc) is 3.35. The van der Waals surface area contributed by atoms with Gasteiger partial charge in [0, 0.05) is 31.5 Å². The fourth-order valence-corrected chi connectivity index (χ4v) is 4.18. The van der Waals surface area contributed by atoms with E-state index in [1.165, 1.54) is 18.4 Å². The van der Waals surface area contributed by atoms with Crippen molar-refractivity contribution in [2.24, 2.45) is 0 Å². The van der Waals surface area contributed by atoms with Gasteiger partial charge in [-0.3, -0.25) is 14.7 Å². The maximum absolute atomic E-state index is 12.9. The predicted molar refractivity (Wildman–Crippen MR) is 116 cm³/mol. The molecule has 0 bridgehead atoms. The Labute approximate surface area is 178 Å². The van der Waals surface area contributed by atoms with Crippen LogP contribution in [0, 0.1) is 0 Å². The first kappa shape index (κ1) is 20.6. The SMILES string of the molecule is COc1ccc([C@@H](CNC(=O)c2cc(N3CCOCC3)ccn2)N2CCCC2)cc1. The van der Waals surface area contributed by atoms with E-state index in [9.17, 15) is 4.79 Å². The molecule has 0 aliphatic carbocycles. The van der Waals surface area contributed by atoms with Crippen LogP contribution in [-0.4, -0.2) is 68.8 Å². The third kappa shape index (κ3) is 4.91. The Hall–Kier alpha value is -2.64. The Morgan fingerprint density at radius 2 is 1.87 bits per heavy atom. The Balaban J connectivity index is 1.44. The minimum Gasteiger partial charge on any atom is -0.497 e. The molecule has 7 nitrogen and oxygen atoms in total. The number of carbonyl (C=O) groups is 1. The molecular weight excluding hydrogens is 380 g/mol. The Bertz CT molecular complexity index is 831. The van der Waals surface area contributed by atoms with Crippen LogP contribution in [0.25, 0.3) is 0 Å². The third-order valence-electron chi connectivity index (χ3n) is 5.89. The lowest BCUT2D eigenvalue weighted by Crippen LogP contribution is -2.38. The molecule has 1 atom stereocenters. The lowest BCUT2D eigenvalue weighted by molar-refractivity contribution is 0.0933. The molecule has 7 heteroatoms. The first-order chi connectivity index (χ1) is 14.7. The second-order valence-corrected chi connectivity index (χ2v) is 7.74. The number of benzene rings is 1. The molecule has 1 aromatic carbocycles. The first-order valence-electron chi connectivity index (χ1n) is 10.7. The van der Waals surface area contributed by atoms with Crippen molar-refractivity contribution >= 4 is 11.6 Å². The van der Waals surface area contributed by atoms with Crippen LogP contribution in [0.1, 0.15) is 34.9 Å². The van der Waals surface area contributed by atoms with Gasteiger partial charge in [0.15, 0.2) is 0 Å². The number of ether oxygens (including phenoxy) is 2. The number of pyridine rings is 1. The molecule has 3 heterocycles. The topological polar surface area (TPSA) is 66.9 Å². The molecule has 0 saturated carbocycles. The van der Waals surface area contributed by atoms with E-state index in [-0.39, 0.29) is 11.9 Å². The van der Waals surface area contributed by atoms with Gasteiger partial charge in [0.2, 0.25) is 0 Å². The number of carbonyl (C=O) groups excluding carboxylic acids is 1. The number of nitrogens with one attached hydrogen (secondary N) is 1. The van der Waals surface area contributed by atoms with Crippen molar-refractivity contribution in [1.29, 1.82) is 0 Å². The highest BCUT2D eigenvalue weighted by Gasteiger charge is 2.24. The van der Waals surface area contributed by atoms with Crippen LogP contribution in [-0.2, 0) is 4.74 Å². The summed E-state index contributed by atoms with van der Waals surface area (Å²) >= 11 is 0. The number of morpholine rings is 1. The van der Waals surface area contributed by atoms with Crippen molar-refractivity contribution in [2.45, 2.75) is 18.9 Å². The van der Waals surface area contributed by atoms with E-state index in [0.29, 0.717) is 25.5 Å². The number of hydrogen-bond acceptors (Lipinski definition) is 6. The summed E-state index contributed by atoms with van der Waals surface area (Å²) in [6.45, 7) is 5.74. The van der Waals surface area contributed by atoms with Gasteiger partial charge in [-0.05, 0) is 55.8 Å². The molecular formula is C23H30N4O3. The number of anilines is 1. The number of nitrogens with zero attached hydrogens (tertiary/aromatic N) is 3. The fraction of sp³-hybridized carbons (Fsp3) is 0.478. The number of likely N-dealkylation sites (tertiary alicyclic amines) is 1. The summed E-state index contributed by atoms with van der Waals surface area (Å²) < 4.78 is 10.7. The summed E-state index contributed by atoms with van der Waals surface area (Å²) in [6.07, 6.45) is 4.11. The van der Waals surface area contributed by atoms with Gasteiger partial charge in [-0.25, -0.2) is 0 Å². The van der Waals surface area contributed by atoms with E-state index in [2.05, 4.69) is 32.2 Å². The van der Waals surface area contributed by atoms with E-state index in [1.54, 1.807) is 13.3 Å². The lowest BCUT2D eigenvalue weighted by Gasteiger charge is -2.29. The number of methoxy groups -OCH3 is 1. The molecule has 1 amide bonds. The van der Waals surface area contributed by atoms with Crippen LogP contribution in [0.2, 0.25) is 0 Å². The molecule has 4 rings (SSSR count). The highest BCUT2D eigenvalue weighted by Crippen LogP contribution is 2.26. The minimum absolute atomic E-state index is 0.136. The van der Waals surface area contributed by atoms with Crippen LogP contribution in [0.5, 0.6) is 5.75 Å². The van der Waals surface area contributed by atoms with Gasteiger partial charge in [0.05, 0.1) is 26.4 Å². The van der Waals surface area contributed by atoms with Gasteiger partial charge in [-0.2, -0.15) is 0 Å². The molecule has 0 unspecified atom stereocenters. The molecule has 0 spiro atoms. The number of rotatable bonds is 7. The second-order valence-electron chi connectivity index (χ2n) is 7.74. The van der Waals surface area contributed by atoms with E-state index >= 15 is 0 Å². The van der Waals surface area contributed by atoms with E-state index in [0.717, 1.165) is 37.6 Å². The molecule has 0 radical (unpaired) electrons. The molecule has 2 fully saturated rings. The predicted octanol–water partition coefficient (Wildman–Crippen LogP) is 2.49. The van der Waals surface area contributed by atoms with Crippen LogP contribution in [0.4, 0.5) is 5.69 Å². The Kier molecular flexibility index (Phi) is 6.81. The van der Waals surface area contributed by atoms with Crippen LogP contribution < -0.4 is 15.0 Å². The smallest absolute Gasteiger partial charge is 0.270 e. The molecule has 2 saturated heterocycles. The molecule has 30 heavy (non-hydrogen) atoms.